The zero-order valence-electron chi connectivity index (χ0n) is 18.7. The Morgan fingerprint density at radius 2 is 1.34 bits per heavy atom. The Bertz CT molecular complexity index is 912. The first-order valence-corrected chi connectivity index (χ1v) is 11.9. The molecule has 0 amide bonds. The molecule has 3 saturated heterocycles. The number of esters is 2. The van der Waals surface area contributed by atoms with Crippen molar-refractivity contribution in [3.8, 4) is 0 Å². The fourth-order valence-corrected chi connectivity index (χ4v) is 6.66. The highest BCUT2D eigenvalue weighted by molar-refractivity contribution is 5.88. The smallest absolute Gasteiger partial charge is 0.360 e. The summed E-state index contributed by atoms with van der Waals surface area (Å²) in [5, 5.41) is 0. The Labute approximate surface area is 189 Å². The largest absolute Gasteiger partial charge is 0.458 e. The van der Waals surface area contributed by atoms with Crippen molar-refractivity contribution in [2.24, 2.45) is 0 Å². The van der Waals surface area contributed by atoms with Crippen LogP contribution in [0.4, 0.5) is 0 Å². The second-order valence-corrected chi connectivity index (χ2v) is 9.65. The number of carbonyl (C=O) groups is 2. The molecule has 5 heteroatoms. The fraction of sp³-hybridized carbons (Fsp3) is 0.481. The molecule has 168 valence electrons. The third-order valence-corrected chi connectivity index (χ3v) is 7.97. The maximum Gasteiger partial charge on any atom is 0.360 e. The summed E-state index contributed by atoms with van der Waals surface area (Å²) in [5.74, 6) is -1.01. The van der Waals surface area contributed by atoms with E-state index in [1.807, 2.05) is 60.7 Å². The molecule has 2 unspecified atom stereocenters. The van der Waals surface area contributed by atoms with E-state index < -0.39 is 17.5 Å². The molecule has 0 N–H and O–H groups in total. The molecule has 0 saturated carbocycles. The van der Waals surface area contributed by atoms with Gasteiger partial charge in [-0.1, -0.05) is 60.7 Å². The SMILES string of the molecule is CC(=O)OC(C(=O)OC1CC2CCC(C1)[N+]21CCCC1)(c1ccccc1)c1ccccc1. The number of rotatable bonds is 5. The van der Waals surface area contributed by atoms with Crippen LogP contribution in [0, 0.1) is 0 Å². The van der Waals surface area contributed by atoms with Crippen LogP contribution in [0.2, 0.25) is 0 Å². The van der Waals surface area contributed by atoms with Gasteiger partial charge < -0.3 is 14.0 Å². The summed E-state index contributed by atoms with van der Waals surface area (Å²) in [6.07, 6.45) is 6.76. The normalized spacial score (nSPS) is 26.1. The van der Waals surface area contributed by atoms with Crippen LogP contribution in [0.3, 0.4) is 0 Å². The summed E-state index contributed by atoms with van der Waals surface area (Å²) in [5.41, 5.74) is -0.397. The summed E-state index contributed by atoms with van der Waals surface area (Å²) in [7, 11) is 0. The Kier molecular flexibility index (Phi) is 5.54. The number of piperidine rings is 1. The van der Waals surface area contributed by atoms with E-state index in [1.165, 1.54) is 50.2 Å². The van der Waals surface area contributed by atoms with Crippen molar-refractivity contribution in [3.63, 3.8) is 0 Å². The molecule has 2 aromatic rings. The minimum atomic E-state index is -1.61. The highest BCUT2D eigenvalue weighted by atomic mass is 16.6. The van der Waals surface area contributed by atoms with Crippen LogP contribution in [0.5, 0.6) is 0 Å². The van der Waals surface area contributed by atoms with Gasteiger partial charge in [0, 0.05) is 56.6 Å². The number of hydrogen-bond donors (Lipinski definition) is 0. The molecule has 5 rings (SSSR count). The van der Waals surface area contributed by atoms with E-state index in [-0.39, 0.29) is 6.10 Å². The molecule has 2 aromatic carbocycles. The van der Waals surface area contributed by atoms with Gasteiger partial charge in [-0.25, -0.2) is 4.79 Å². The Balaban J connectivity index is 1.47. The van der Waals surface area contributed by atoms with Crippen molar-refractivity contribution in [2.45, 2.75) is 69.2 Å². The van der Waals surface area contributed by atoms with Crippen LogP contribution >= 0.6 is 0 Å². The van der Waals surface area contributed by atoms with E-state index in [2.05, 4.69) is 0 Å². The molecular formula is C27H32NO4+. The fourth-order valence-electron chi connectivity index (χ4n) is 6.66. The predicted molar refractivity (Wildman–Crippen MR) is 121 cm³/mol. The van der Waals surface area contributed by atoms with Crippen molar-refractivity contribution >= 4 is 11.9 Å². The monoisotopic (exact) mass is 434 g/mol. The third-order valence-electron chi connectivity index (χ3n) is 7.97. The second-order valence-electron chi connectivity index (χ2n) is 9.65. The van der Waals surface area contributed by atoms with E-state index in [0.717, 1.165) is 12.8 Å². The van der Waals surface area contributed by atoms with E-state index >= 15 is 0 Å². The highest BCUT2D eigenvalue weighted by Crippen LogP contribution is 2.47. The standard InChI is InChI=1S/C27H32NO4/c1-20(29)32-27(21-10-4-2-5-11-21,22-12-6-3-7-13-22)26(30)31-25-18-23-14-15-24(19-25)28(23)16-8-9-17-28/h2-7,10-13,23-25H,8-9,14-19H2,1H3/q+1. The number of carbonyl (C=O) groups excluding carboxylic acids is 2. The van der Waals surface area contributed by atoms with Gasteiger partial charge in [-0.05, 0) is 0 Å². The van der Waals surface area contributed by atoms with Gasteiger partial charge in [0.1, 0.15) is 6.10 Å². The van der Waals surface area contributed by atoms with Gasteiger partial charge in [0.2, 0.25) is 0 Å². The molecule has 2 atom stereocenters. The molecule has 0 radical (unpaired) electrons. The molecule has 1 spiro atoms. The van der Waals surface area contributed by atoms with E-state index in [0.29, 0.717) is 23.2 Å². The Morgan fingerprint density at radius 3 is 1.81 bits per heavy atom. The second kappa shape index (κ2) is 8.36. The van der Waals surface area contributed by atoms with Gasteiger partial charge in [-0.2, -0.15) is 0 Å². The number of benzene rings is 2. The van der Waals surface area contributed by atoms with Crippen molar-refractivity contribution in [3.05, 3.63) is 71.8 Å². The molecule has 3 fully saturated rings. The molecular weight excluding hydrogens is 402 g/mol. The molecule has 0 aliphatic carbocycles. The van der Waals surface area contributed by atoms with Gasteiger partial charge in [0.25, 0.3) is 5.60 Å². The van der Waals surface area contributed by atoms with E-state index in [9.17, 15) is 9.59 Å². The Morgan fingerprint density at radius 1 is 0.844 bits per heavy atom. The summed E-state index contributed by atoms with van der Waals surface area (Å²) in [4.78, 5) is 26.2. The third kappa shape index (κ3) is 3.43. The summed E-state index contributed by atoms with van der Waals surface area (Å²) in [6.45, 7) is 3.90. The lowest BCUT2D eigenvalue weighted by Crippen LogP contribution is -2.60. The van der Waals surface area contributed by atoms with E-state index in [1.54, 1.807) is 0 Å². The topological polar surface area (TPSA) is 52.6 Å². The van der Waals surface area contributed by atoms with Crippen LogP contribution in [-0.4, -0.2) is 47.7 Å². The average Bonchev–Trinajstić information content (AvgIpc) is 3.35. The van der Waals surface area contributed by atoms with Gasteiger partial charge in [0.15, 0.2) is 0 Å². The summed E-state index contributed by atoms with van der Waals surface area (Å²) in [6, 6.07) is 19.7. The first kappa shape index (κ1) is 21.2. The molecule has 5 nitrogen and oxygen atoms in total. The predicted octanol–water partition coefficient (Wildman–Crippen LogP) is 4.34. The maximum atomic E-state index is 13.9. The summed E-state index contributed by atoms with van der Waals surface area (Å²) < 4.78 is 13.3. The molecule has 2 bridgehead atoms. The van der Waals surface area contributed by atoms with Crippen molar-refractivity contribution in [2.75, 3.05) is 13.1 Å². The van der Waals surface area contributed by atoms with Crippen LogP contribution in [-0.2, 0) is 24.7 Å². The average molecular weight is 435 g/mol. The van der Waals surface area contributed by atoms with E-state index in [4.69, 9.17) is 9.47 Å². The first-order valence-electron chi connectivity index (χ1n) is 11.9. The molecule has 0 aromatic heterocycles. The lowest BCUT2D eigenvalue weighted by molar-refractivity contribution is -0.956. The van der Waals surface area contributed by atoms with Crippen molar-refractivity contribution in [1.29, 1.82) is 0 Å². The number of nitrogens with zero attached hydrogens (tertiary/aromatic N) is 1. The van der Waals surface area contributed by atoms with Gasteiger partial charge in [0.05, 0.1) is 25.2 Å². The van der Waals surface area contributed by atoms with Crippen LogP contribution in [0.25, 0.3) is 0 Å². The molecule has 3 heterocycles. The van der Waals surface area contributed by atoms with Crippen LogP contribution < -0.4 is 0 Å². The van der Waals surface area contributed by atoms with Gasteiger partial charge >= 0.3 is 11.9 Å². The van der Waals surface area contributed by atoms with Crippen molar-refractivity contribution in [1.82, 2.24) is 0 Å². The van der Waals surface area contributed by atoms with Crippen LogP contribution in [0.1, 0.15) is 56.6 Å². The first-order chi connectivity index (χ1) is 15.5. The lowest BCUT2D eigenvalue weighted by atomic mass is 9.85. The number of quaternary nitrogens is 1. The van der Waals surface area contributed by atoms with Gasteiger partial charge in [-0.3, -0.25) is 4.79 Å². The molecule has 3 aliphatic rings. The van der Waals surface area contributed by atoms with Gasteiger partial charge in [-0.15, -0.1) is 0 Å². The van der Waals surface area contributed by atoms with Crippen LogP contribution in [0.15, 0.2) is 60.7 Å². The highest BCUT2D eigenvalue weighted by Gasteiger charge is 2.57. The Hall–Kier alpha value is -2.66. The summed E-state index contributed by atoms with van der Waals surface area (Å²) >= 11 is 0. The number of ether oxygens (including phenoxy) is 2. The maximum absolute atomic E-state index is 13.9. The molecule has 3 aliphatic heterocycles. The lowest BCUT2D eigenvalue weighted by Gasteiger charge is -2.47. The van der Waals surface area contributed by atoms with Crippen molar-refractivity contribution < 1.29 is 23.5 Å². The quantitative estimate of drug-likeness (QED) is 0.519. The minimum absolute atomic E-state index is 0.133. The number of hydrogen-bond acceptors (Lipinski definition) is 4. The zero-order valence-corrected chi connectivity index (χ0v) is 18.7. The minimum Gasteiger partial charge on any atom is -0.458 e. The molecule has 32 heavy (non-hydrogen) atoms. The zero-order chi connectivity index (χ0) is 22.2.